The van der Waals surface area contributed by atoms with Gasteiger partial charge in [0.25, 0.3) is 0 Å². The normalized spacial score (nSPS) is 18.3. The Hall–Kier alpha value is -2.24. The third-order valence-corrected chi connectivity index (χ3v) is 4.71. The van der Waals surface area contributed by atoms with Gasteiger partial charge in [0, 0.05) is 13.1 Å². The molecular weight excluding hydrogens is 316 g/mol. The summed E-state index contributed by atoms with van der Waals surface area (Å²) in [6.07, 6.45) is 1.01. The Bertz CT molecular complexity index is 743. The van der Waals surface area contributed by atoms with Crippen LogP contribution in [0.25, 0.3) is 0 Å². The van der Waals surface area contributed by atoms with Crippen LogP contribution in [0.1, 0.15) is 22.7 Å². The number of hydrogen-bond acceptors (Lipinski definition) is 5. The van der Waals surface area contributed by atoms with E-state index in [0.29, 0.717) is 13.4 Å². The van der Waals surface area contributed by atoms with Gasteiger partial charge in [0.2, 0.25) is 6.79 Å². The largest absolute Gasteiger partial charge is 0.492 e. The van der Waals surface area contributed by atoms with Crippen molar-refractivity contribution in [3.05, 3.63) is 53.1 Å². The summed E-state index contributed by atoms with van der Waals surface area (Å²) in [6, 6.07) is 12.8. The Balaban J connectivity index is 1.53. The minimum atomic E-state index is 0.175. The molecule has 0 bridgehead atoms. The predicted octanol–water partition coefficient (Wildman–Crippen LogP) is 2.59. The van der Waals surface area contributed by atoms with Gasteiger partial charge in [-0.15, -0.1) is 0 Å². The minimum absolute atomic E-state index is 0.175. The van der Waals surface area contributed by atoms with Gasteiger partial charge < -0.3 is 24.4 Å². The third kappa shape index (κ3) is 3.43. The van der Waals surface area contributed by atoms with Crippen molar-refractivity contribution in [3.63, 3.8) is 0 Å². The third-order valence-electron chi connectivity index (χ3n) is 4.71. The van der Waals surface area contributed by atoms with E-state index in [4.69, 9.17) is 14.2 Å². The molecule has 4 rings (SSSR count). The molecule has 2 heterocycles. The zero-order valence-corrected chi connectivity index (χ0v) is 14.7. The number of likely N-dealkylation sites (N-methyl/N-ethyl adjacent to an activating group) is 1. The van der Waals surface area contributed by atoms with Crippen LogP contribution in [0.4, 0.5) is 0 Å². The maximum absolute atomic E-state index is 5.79. The van der Waals surface area contributed by atoms with E-state index in [1.54, 1.807) is 0 Å². The van der Waals surface area contributed by atoms with Gasteiger partial charge in [-0.05, 0) is 61.5 Å². The SMILES string of the molecule is CN(C)CCOc1ccc(C2NCCc3cc4c(cc32)OCO4)cc1. The van der Waals surface area contributed by atoms with Gasteiger partial charge >= 0.3 is 0 Å². The first-order chi connectivity index (χ1) is 12.2. The van der Waals surface area contributed by atoms with Crippen molar-refractivity contribution in [1.82, 2.24) is 10.2 Å². The van der Waals surface area contributed by atoms with Crippen molar-refractivity contribution in [2.75, 3.05) is 40.6 Å². The molecule has 1 unspecified atom stereocenters. The lowest BCUT2D eigenvalue weighted by molar-refractivity contribution is 0.174. The standard InChI is InChI=1S/C20H24N2O3/c1-22(2)9-10-23-16-5-3-14(4-6-16)20-17-12-19-18(24-13-25-19)11-15(17)7-8-21-20/h3-6,11-12,20-21H,7-10,13H2,1-2H3. The molecule has 2 aliphatic heterocycles. The highest BCUT2D eigenvalue weighted by atomic mass is 16.7. The van der Waals surface area contributed by atoms with Gasteiger partial charge in [0.15, 0.2) is 11.5 Å². The highest BCUT2D eigenvalue weighted by molar-refractivity contribution is 5.52. The monoisotopic (exact) mass is 340 g/mol. The Labute approximate surface area is 148 Å². The summed E-state index contributed by atoms with van der Waals surface area (Å²) in [5.74, 6) is 2.62. The van der Waals surface area contributed by atoms with Crippen LogP contribution in [-0.2, 0) is 6.42 Å². The number of fused-ring (bicyclic) bond motifs is 2. The Morgan fingerprint density at radius 2 is 1.88 bits per heavy atom. The summed E-state index contributed by atoms with van der Waals surface area (Å²) in [6.45, 7) is 2.88. The maximum atomic E-state index is 5.79. The molecule has 0 fully saturated rings. The lowest BCUT2D eigenvalue weighted by atomic mass is 9.89. The molecular formula is C20H24N2O3. The van der Waals surface area contributed by atoms with Crippen LogP contribution in [0.5, 0.6) is 17.2 Å². The topological polar surface area (TPSA) is 43.0 Å². The number of hydrogen-bond donors (Lipinski definition) is 1. The van der Waals surface area contributed by atoms with Crippen LogP contribution in [-0.4, -0.2) is 45.5 Å². The number of nitrogens with zero attached hydrogens (tertiary/aromatic N) is 1. The summed E-state index contributed by atoms with van der Waals surface area (Å²) in [7, 11) is 4.09. The highest BCUT2D eigenvalue weighted by Gasteiger charge is 2.25. The van der Waals surface area contributed by atoms with E-state index < -0.39 is 0 Å². The van der Waals surface area contributed by atoms with Crippen LogP contribution >= 0.6 is 0 Å². The van der Waals surface area contributed by atoms with Crippen molar-refractivity contribution in [2.24, 2.45) is 0 Å². The molecule has 25 heavy (non-hydrogen) atoms. The van der Waals surface area contributed by atoms with Crippen molar-refractivity contribution in [2.45, 2.75) is 12.5 Å². The molecule has 0 amide bonds. The second kappa shape index (κ2) is 6.94. The number of ether oxygens (including phenoxy) is 3. The average molecular weight is 340 g/mol. The Kier molecular flexibility index (Phi) is 4.51. The fraction of sp³-hybridized carbons (Fsp3) is 0.400. The number of rotatable bonds is 5. The molecule has 2 aromatic carbocycles. The predicted molar refractivity (Wildman–Crippen MR) is 96.6 cm³/mol. The summed E-state index contributed by atoms with van der Waals surface area (Å²) in [5.41, 5.74) is 3.84. The number of benzene rings is 2. The quantitative estimate of drug-likeness (QED) is 0.906. The molecule has 0 saturated carbocycles. The summed E-state index contributed by atoms with van der Waals surface area (Å²) < 4.78 is 16.9. The van der Waals surface area contributed by atoms with E-state index in [2.05, 4.69) is 34.5 Å². The fourth-order valence-electron chi connectivity index (χ4n) is 3.35. The molecule has 5 nitrogen and oxygen atoms in total. The Morgan fingerprint density at radius 3 is 2.64 bits per heavy atom. The Morgan fingerprint density at radius 1 is 1.12 bits per heavy atom. The lowest BCUT2D eigenvalue weighted by Crippen LogP contribution is -2.30. The van der Waals surface area contributed by atoms with Crippen LogP contribution in [0.15, 0.2) is 36.4 Å². The summed E-state index contributed by atoms with van der Waals surface area (Å²) in [5, 5.41) is 3.62. The van der Waals surface area contributed by atoms with Crippen molar-refractivity contribution in [1.29, 1.82) is 0 Å². The molecule has 0 spiro atoms. The zero-order chi connectivity index (χ0) is 17.2. The van der Waals surface area contributed by atoms with Crippen molar-refractivity contribution >= 4 is 0 Å². The molecule has 0 aliphatic carbocycles. The van der Waals surface area contributed by atoms with E-state index in [-0.39, 0.29) is 6.04 Å². The second-order valence-corrected chi connectivity index (χ2v) is 6.76. The van der Waals surface area contributed by atoms with E-state index in [9.17, 15) is 0 Å². The van der Waals surface area contributed by atoms with Gasteiger partial charge in [0.05, 0.1) is 6.04 Å². The number of nitrogens with one attached hydrogen (secondary N) is 1. The lowest BCUT2D eigenvalue weighted by Gasteiger charge is -2.27. The van der Waals surface area contributed by atoms with Gasteiger partial charge in [-0.25, -0.2) is 0 Å². The first-order valence-corrected chi connectivity index (χ1v) is 8.74. The fourth-order valence-corrected chi connectivity index (χ4v) is 3.35. The molecule has 0 saturated heterocycles. The summed E-state index contributed by atoms with van der Waals surface area (Å²) >= 11 is 0. The maximum Gasteiger partial charge on any atom is 0.231 e. The molecule has 0 radical (unpaired) electrons. The molecule has 132 valence electrons. The van der Waals surface area contributed by atoms with Gasteiger partial charge in [-0.1, -0.05) is 12.1 Å². The van der Waals surface area contributed by atoms with Crippen molar-refractivity contribution in [3.8, 4) is 17.2 Å². The van der Waals surface area contributed by atoms with Gasteiger partial charge in [0.1, 0.15) is 12.4 Å². The molecule has 0 aromatic heterocycles. The molecule has 2 aromatic rings. The summed E-state index contributed by atoms with van der Waals surface area (Å²) in [4.78, 5) is 2.11. The molecule has 2 aliphatic rings. The van der Waals surface area contributed by atoms with Crippen LogP contribution in [0.3, 0.4) is 0 Å². The van der Waals surface area contributed by atoms with Crippen molar-refractivity contribution < 1.29 is 14.2 Å². The first-order valence-electron chi connectivity index (χ1n) is 8.74. The van der Waals surface area contributed by atoms with Crippen LogP contribution in [0.2, 0.25) is 0 Å². The van der Waals surface area contributed by atoms with E-state index in [1.807, 2.05) is 26.2 Å². The molecule has 5 heteroatoms. The minimum Gasteiger partial charge on any atom is -0.492 e. The van der Waals surface area contributed by atoms with Gasteiger partial charge in [-0.2, -0.15) is 0 Å². The van der Waals surface area contributed by atoms with E-state index in [0.717, 1.165) is 36.8 Å². The van der Waals surface area contributed by atoms with Gasteiger partial charge in [-0.3, -0.25) is 0 Å². The first kappa shape index (κ1) is 16.2. The highest BCUT2D eigenvalue weighted by Crippen LogP contribution is 2.40. The van der Waals surface area contributed by atoms with Crippen LogP contribution < -0.4 is 19.5 Å². The second-order valence-electron chi connectivity index (χ2n) is 6.76. The smallest absolute Gasteiger partial charge is 0.231 e. The van der Waals surface area contributed by atoms with E-state index >= 15 is 0 Å². The van der Waals surface area contributed by atoms with Crippen LogP contribution in [0, 0.1) is 0 Å². The molecule has 1 N–H and O–H groups in total. The zero-order valence-electron chi connectivity index (χ0n) is 14.7. The van der Waals surface area contributed by atoms with E-state index in [1.165, 1.54) is 16.7 Å². The average Bonchev–Trinajstić information content (AvgIpc) is 3.07. The molecule has 1 atom stereocenters.